The summed E-state index contributed by atoms with van der Waals surface area (Å²) in [5, 5.41) is 5.52. The number of nitrogens with zero attached hydrogens (tertiary/aromatic N) is 2. The van der Waals surface area contributed by atoms with Gasteiger partial charge in [0.25, 0.3) is 11.8 Å². The maximum absolute atomic E-state index is 12.6. The molecule has 0 bridgehead atoms. The molecule has 2 aromatic rings. The Morgan fingerprint density at radius 3 is 2.86 bits per heavy atom. The molecule has 2 aliphatic carbocycles. The molecular formula is C23H19N3O2S. The van der Waals surface area contributed by atoms with E-state index in [-0.39, 0.29) is 17.7 Å². The van der Waals surface area contributed by atoms with Gasteiger partial charge in [-0.2, -0.15) is 0 Å². The number of aliphatic imine (C=N–C) groups is 1. The van der Waals surface area contributed by atoms with E-state index in [2.05, 4.69) is 15.3 Å². The van der Waals surface area contributed by atoms with Crippen LogP contribution in [0.1, 0.15) is 36.2 Å². The van der Waals surface area contributed by atoms with E-state index < -0.39 is 0 Å². The SMILES string of the molecule is O=C1NC2=CC(=NC(=O)c3csc(-c4ccccc4)n3)C=CC2C2=C1CCCC2. The number of hydrogen-bond donors (Lipinski definition) is 1. The normalized spacial score (nSPS) is 22.1. The van der Waals surface area contributed by atoms with Gasteiger partial charge >= 0.3 is 0 Å². The highest BCUT2D eigenvalue weighted by atomic mass is 32.1. The average Bonchev–Trinajstić information content (AvgIpc) is 3.25. The zero-order chi connectivity index (χ0) is 19.8. The lowest BCUT2D eigenvalue weighted by Gasteiger charge is -2.33. The number of carbonyl (C=O) groups is 2. The summed E-state index contributed by atoms with van der Waals surface area (Å²) in [5.41, 5.74) is 4.83. The minimum Gasteiger partial charge on any atom is -0.325 e. The average molecular weight is 401 g/mol. The highest BCUT2D eigenvalue weighted by Crippen LogP contribution is 2.38. The van der Waals surface area contributed by atoms with Crippen LogP contribution in [0.4, 0.5) is 0 Å². The Morgan fingerprint density at radius 1 is 1.17 bits per heavy atom. The Labute approximate surface area is 172 Å². The zero-order valence-corrected chi connectivity index (χ0v) is 16.5. The maximum atomic E-state index is 12.6. The summed E-state index contributed by atoms with van der Waals surface area (Å²) in [6.07, 6.45) is 9.72. The first-order valence-corrected chi connectivity index (χ1v) is 10.6. The van der Waals surface area contributed by atoms with Crippen LogP contribution >= 0.6 is 11.3 Å². The van der Waals surface area contributed by atoms with Crippen molar-refractivity contribution in [3.63, 3.8) is 0 Å². The van der Waals surface area contributed by atoms with Gasteiger partial charge in [0.15, 0.2) is 0 Å². The van der Waals surface area contributed by atoms with Crippen LogP contribution in [-0.2, 0) is 4.79 Å². The predicted octanol–water partition coefficient (Wildman–Crippen LogP) is 4.46. The summed E-state index contributed by atoms with van der Waals surface area (Å²) in [7, 11) is 0. The van der Waals surface area contributed by atoms with E-state index in [0.717, 1.165) is 47.5 Å². The highest BCUT2D eigenvalue weighted by molar-refractivity contribution is 7.13. The summed E-state index contributed by atoms with van der Waals surface area (Å²) in [5.74, 6) is -0.283. The molecule has 2 amide bonds. The lowest BCUT2D eigenvalue weighted by atomic mass is 9.77. The van der Waals surface area contributed by atoms with Crippen LogP contribution < -0.4 is 5.32 Å². The molecule has 1 atom stereocenters. The fourth-order valence-corrected chi connectivity index (χ4v) is 4.88. The molecule has 0 spiro atoms. The first kappa shape index (κ1) is 17.9. The minimum atomic E-state index is -0.377. The van der Waals surface area contributed by atoms with Gasteiger partial charge in [0.05, 0.1) is 5.71 Å². The molecule has 0 saturated heterocycles. The largest absolute Gasteiger partial charge is 0.325 e. The van der Waals surface area contributed by atoms with E-state index >= 15 is 0 Å². The molecule has 1 aromatic carbocycles. The van der Waals surface area contributed by atoms with E-state index in [0.29, 0.717) is 11.4 Å². The van der Waals surface area contributed by atoms with Crippen LogP contribution in [0.2, 0.25) is 0 Å². The van der Waals surface area contributed by atoms with Gasteiger partial charge in [-0.25, -0.2) is 9.98 Å². The third-order valence-electron chi connectivity index (χ3n) is 5.49. The van der Waals surface area contributed by atoms with Gasteiger partial charge in [-0.05, 0) is 43.4 Å². The second-order valence-electron chi connectivity index (χ2n) is 7.35. The van der Waals surface area contributed by atoms with Gasteiger partial charge in [-0.15, -0.1) is 11.3 Å². The molecule has 6 heteroatoms. The molecular weight excluding hydrogens is 382 g/mol. The zero-order valence-electron chi connectivity index (χ0n) is 15.7. The second kappa shape index (κ2) is 7.37. The van der Waals surface area contributed by atoms with Crippen LogP contribution in [0.3, 0.4) is 0 Å². The van der Waals surface area contributed by atoms with Crippen molar-refractivity contribution in [2.45, 2.75) is 25.7 Å². The van der Waals surface area contributed by atoms with Crippen molar-refractivity contribution in [2.75, 3.05) is 0 Å². The van der Waals surface area contributed by atoms with E-state index in [4.69, 9.17) is 0 Å². The minimum absolute atomic E-state index is 0.00446. The van der Waals surface area contributed by atoms with Crippen molar-refractivity contribution < 1.29 is 9.59 Å². The Balaban J connectivity index is 1.39. The van der Waals surface area contributed by atoms with E-state index in [9.17, 15) is 9.59 Å². The molecule has 0 saturated carbocycles. The number of carbonyl (C=O) groups excluding carboxylic acids is 2. The monoisotopic (exact) mass is 401 g/mol. The fourth-order valence-electron chi connectivity index (χ4n) is 4.08. The second-order valence-corrected chi connectivity index (χ2v) is 8.21. The number of fused-ring (bicyclic) bond motifs is 2. The van der Waals surface area contributed by atoms with Crippen molar-refractivity contribution >= 4 is 28.9 Å². The van der Waals surface area contributed by atoms with Gasteiger partial charge in [0.2, 0.25) is 0 Å². The Kier molecular flexibility index (Phi) is 4.56. The van der Waals surface area contributed by atoms with Gasteiger partial charge in [0.1, 0.15) is 10.7 Å². The van der Waals surface area contributed by atoms with Gasteiger partial charge in [0, 0.05) is 28.1 Å². The van der Waals surface area contributed by atoms with Gasteiger partial charge in [-0.3, -0.25) is 9.59 Å². The van der Waals surface area contributed by atoms with Crippen LogP contribution in [0, 0.1) is 5.92 Å². The standard InChI is InChI=1S/C23H19N3O2S/c27-21-18-9-5-4-8-16(18)17-11-10-15(12-19(17)25-21)24-22(28)20-13-29-23(26-20)14-6-2-1-3-7-14/h1-3,6-7,10-13,17H,4-5,8-9H2,(H,25,27). The summed E-state index contributed by atoms with van der Waals surface area (Å²) >= 11 is 1.43. The Hall–Kier alpha value is -3.12. The Morgan fingerprint density at radius 2 is 2.00 bits per heavy atom. The van der Waals surface area contributed by atoms with Crippen LogP contribution in [0.5, 0.6) is 0 Å². The number of thiazole rings is 1. The molecule has 1 unspecified atom stereocenters. The quantitative estimate of drug-likeness (QED) is 0.807. The van der Waals surface area contributed by atoms with E-state index in [1.54, 1.807) is 5.38 Å². The molecule has 0 radical (unpaired) electrons. The number of nitrogens with one attached hydrogen (secondary N) is 1. The molecule has 0 fully saturated rings. The van der Waals surface area contributed by atoms with Crippen molar-refractivity contribution in [3.05, 3.63) is 76.5 Å². The van der Waals surface area contributed by atoms with E-state index in [1.807, 2.05) is 48.6 Å². The van der Waals surface area contributed by atoms with Gasteiger partial charge in [-0.1, -0.05) is 36.4 Å². The topological polar surface area (TPSA) is 71.4 Å². The molecule has 3 aliphatic rings. The van der Waals surface area contributed by atoms with Crippen LogP contribution in [0.25, 0.3) is 10.6 Å². The maximum Gasteiger partial charge on any atom is 0.297 e. The smallest absolute Gasteiger partial charge is 0.297 e. The van der Waals surface area contributed by atoms with Gasteiger partial charge < -0.3 is 5.32 Å². The molecule has 1 N–H and O–H groups in total. The third-order valence-corrected chi connectivity index (χ3v) is 6.38. The molecule has 29 heavy (non-hydrogen) atoms. The van der Waals surface area contributed by atoms with Crippen molar-refractivity contribution in [1.29, 1.82) is 0 Å². The molecule has 5 nitrogen and oxygen atoms in total. The summed E-state index contributed by atoms with van der Waals surface area (Å²) in [6.45, 7) is 0. The first-order chi connectivity index (χ1) is 14.2. The number of aromatic nitrogens is 1. The lowest BCUT2D eigenvalue weighted by Crippen LogP contribution is -2.37. The van der Waals surface area contributed by atoms with E-state index in [1.165, 1.54) is 16.9 Å². The van der Waals surface area contributed by atoms with Crippen molar-refractivity contribution in [2.24, 2.45) is 10.9 Å². The highest BCUT2D eigenvalue weighted by Gasteiger charge is 2.33. The number of allylic oxidation sites excluding steroid dienone is 3. The van der Waals surface area contributed by atoms with Crippen molar-refractivity contribution in [1.82, 2.24) is 10.3 Å². The number of benzene rings is 1. The fraction of sp³-hybridized carbons (Fsp3) is 0.217. The molecule has 1 aliphatic heterocycles. The summed E-state index contributed by atoms with van der Waals surface area (Å²) in [6, 6.07) is 9.77. The summed E-state index contributed by atoms with van der Waals surface area (Å²) in [4.78, 5) is 33.7. The number of hydrogen-bond acceptors (Lipinski definition) is 4. The lowest BCUT2D eigenvalue weighted by molar-refractivity contribution is -0.117. The first-order valence-electron chi connectivity index (χ1n) is 9.76. The Bertz CT molecular complexity index is 1120. The molecule has 144 valence electrons. The van der Waals surface area contributed by atoms with Crippen LogP contribution in [0.15, 0.2) is 75.8 Å². The van der Waals surface area contributed by atoms with Crippen LogP contribution in [-0.4, -0.2) is 22.5 Å². The molecule has 5 rings (SSSR count). The molecule has 1 aromatic heterocycles. The number of amides is 2. The summed E-state index contributed by atoms with van der Waals surface area (Å²) < 4.78 is 0. The van der Waals surface area contributed by atoms with Crippen molar-refractivity contribution in [3.8, 4) is 10.6 Å². The molecule has 2 heterocycles. The predicted molar refractivity (Wildman–Crippen MR) is 114 cm³/mol. The third kappa shape index (κ3) is 3.40. The number of rotatable bonds is 2.